The number of hydrogen-bond donors (Lipinski definition) is 1. The van der Waals surface area contributed by atoms with Gasteiger partial charge in [-0.05, 0) is 60.7 Å². The molecule has 24 heavy (non-hydrogen) atoms. The van der Waals surface area contributed by atoms with Gasteiger partial charge in [-0.15, -0.1) is 0 Å². The van der Waals surface area contributed by atoms with Crippen molar-refractivity contribution in [3.05, 3.63) is 58.6 Å². The third-order valence-corrected chi connectivity index (χ3v) is 4.25. The van der Waals surface area contributed by atoms with E-state index in [4.69, 9.17) is 16.3 Å². The first kappa shape index (κ1) is 18.3. The average molecular weight is 346 g/mol. The molecule has 0 aliphatic carbocycles. The Morgan fingerprint density at radius 1 is 1.12 bits per heavy atom. The topological polar surface area (TPSA) is 38.3 Å². The van der Waals surface area contributed by atoms with E-state index in [0.717, 1.165) is 11.3 Å². The monoisotopic (exact) mass is 345 g/mol. The number of aryl methyl sites for hydroxylation is 1. The molecule has 2 rings (SSSR count). The Morgan fingerprint density at radius 3 is 2.29 bits per heavy atom. The zero-order chi connectivity index (χ0) is 17.9. The Bertz CT molecular complexity index is 717. The van der Waals surface area contributed by atoms with E-state index in [1.54, 1.807) is 19.1 Å². The van der Waals surface area contributed by atoms with Crippen molar-refractivity contribution in [2.45, 2.75) is 46.1 Å². The van der Waals surface area contributed by atoms with Crippen molar-refractivity contribution < 1.29 is 9.53 Å². The lowest BCUT2D eigenvalue weighted by Crippen LogP contribution is -2.30. The van der Waals surface area contributed by atoms with Crippen LogP contribution in [0.3, 0.4) is 0 Å². The molecule has 128 valence electrons. The van der Waals surface area contributed by atoms with Crippen molar-refractivity contribution in [1.29, 1.82) is 0 Å². The first-order valence-electron chi connectivity index (χ1n) is 8.01. The largest absolute Gasteiger partial charge is 0.481 e. The summed E-state index contributed by atoms with van der Waals surface area (Å²) in [5, 5.41) is 3.56. The van der Waals surface area contributed by atoms with Crippen LogP contribution in [-0.2, 0) is 10.2 Å². The van der Waals surface area contributed by atoms with Gasteiger partial charge in [0.2, 0.25) is 0 Å². The van der Waals surface area contributed by atoms with Crippen molar-refractivity contribution in [2.75, 3.05) is 5.32 Å². The van der Waals surface area contributed by atoms with E-state index in [1.807, 2.05) is 37.3 Å². The van der Waals surface area contributed by atoms with E-state index in [-0.39, 0.29) is 11.3 Å². The molecule has 1 N–H and O–H groups in total. The molecule has 0 saturated carbocycles. The predicted molar refractivity (Wildman–Crippen MR) is 100 cm³/mol. The molecule has 2 aromatic rings. The molecule has 1 unspecified atom stereocenters. The molecule has 0 aliphatic rings. The van der Waals surface area contributed by atoms with Crippen LogP contribution < -0.4 is 10.1 Å². The number of rotatable bonds is 4. The molecule has 0 fully saturated rings. The fourth-order valence-electron chi connectivity index (χ4n) is 2.25. The highest BCUT2D eigenvalue weighted by Crippen LogP contribution is 2.24. The lowest BCUT2D eigenvalue weighted by Gasteiger charge is -2.20. The highest BCUT2D eigenvalue weighted by molar-refractivity contribution is 6.31. The van der Waals surface area contributed by atoms with E-state index in [1.165, 1.54) is 5.56 Å². The van der Waals surface area contributed by atoms with Gasteiger partial charge < -0.3 is 10.1 Å². The van der Waals surface area contributed by atoms with E-state index in [9.17, 15) is 4.79 Å². The number of halogens is 1. The summed E-state index contributed by atoms with van der Waals surface area (Å²) in [6, 6.07) is 13.2. The predicted octanol–water partition coefficient (Wildman–Crippen LogP) is 5.35. The molecule has 0 bridgehead atoms. The van der Waals surface area contributed by atoms with E-state index in [2.05, 4.69) is 26.1 Å². The highest BCUT2D eigenvalue weighted by atomic mass is 35.5. The third-order valence-electron chi connectivity index (χ3n) is 3.83. The van der Waals surface area contributed by atoms with Gasteiger partial charge in [-0.3, -0.25) is 4.79 Å². The summed E-state index contributed by atoms with van der Waals surface area (Å²) in [6.07, 6.45) is -0.604. The smallest absolute Gasteiger partial charge is 0.265 e. The molecule has 0 spiro atoms. The van der Waals surface area contributed by atoms with Gasteiger partial charge in [0.25, 0.3) is 5.91 Å². The minimum atomic E-state index is -0.604. The van der Waals surface area contributed by atoms with Crippen molar-refractivity contribution in [2.24, 2.45) is 0 Å². The maximum absolute atomic E-state index is 12.3. The molecule has 3 nitrogen and oxygen atoms in total. The Kier molecular flexibility index (Phi) is 5.55. The van der Waals surface area contributed by atoms with Gasteiger partial charge in [-0.2, -0.15) is 0 Å². The Hall–Kier alpha value is -2.00. The number of nitrogens with one attached hydrogen (secondary N) is 1. The number of benzene rings is 2. The quantitative estimate of drug-likeness (QED) is 0.810. The van der Waals surface area contributed by atoms with E-state index < -0.39 is 6.10 Å². The normalized spacial score (nSPS) is 12.6. The summed E-state index contributed by atoms with van der Waals surface area (Å²) in [5.41, 5.74) is 2.99. The minimum Gasteiger partial charge on any atom is -0.481 e. The van der Waals surface area contributed by atoms with Crippen LogP contribution in [0.2, 0.25) is 5.02 Å². The van der Waals surface area contributed by atoms with Crippen LogP contribution in [0.4, 0.5) is 5.69 Å². The van der Waals surface area contributed by atoms with Gasteiger partial charge in [0.15, 0.2) is 6.10 Å². The number of hydrogen-bond acceptors (Lipinski definition) is 2. The molecule has 2 aromatic carbocycles. The number of amides is 1. The fourth-order valence-corrected chi connectivity index (χ4v) is 2.36. The maximum atomic E-state index is 12.3. The second kappa shape index (κ2) is 7.27. The SMILES string of the molecule is Cc1cc(OC(C)C(=O)Nc2ccc(C(C)(C)C)cc2)ccc1Cl. The summed E-state index contributed by atoms with van der Waals surface area (Å²) >= 11 is 6.00. The van der Waals surface area contributed by atoms with Crippen molar-refractivity contribution in [3.8, 4) is 5.75 Å². The van der Waals surface area contributed by atoms with Crippen LogP contribution in [0.1, 0.15) is 38.8 Å². The van der Waals surface area contributed by atoms with Crippen LogP contribution in [0.25, 0.3) is 0 Å². The molecule has 0 aliphatic heterocycles. The van der Waals surface area contributed by atoms with Gasteiger partial charge in [-0.1, -0.05) is 44.5 Å². The molecule has 1 atom stereocenters. The fraction of sp³-hybridized carbons (Fsp3) is 0.350. The zero-order valence-electron chi connectivity index (χ0n) is 14.8. The summed E-state index contributed by atoms with van der Waals surface area (Å²) < 4.78 is 5.69. The maximum Gasteiger partial charge on any atom is 0.265 e. The van der Waals surface area contributed by atoms with Crippen LogP contribution in [0.5, 0.6) is 5.75 Å². The Balaban J connectivity index is 1.99. The number of ether oxygens (including phenoxy) is 1. The molecule has 0 aromatic heterocycles. The first-order chi connectivity index (χ1) is 11.2. The lowest BCUT2D eigenvalue weighted by atomic mass is 9.87. The molecule has 0 saturated heterocycles. The van der Waals surface area contributed by atoms with Gasteiger partial charge in [0, 0.05) is 10.7 Å². The summed E-state index contributed by atoms with van der Waals surface area (Å²) in [4.78, 5) is 12.3. The molecule has 4 heteroatoms. The Labute approximate surface area is 149 Å². The summed E-state index contributed by atoms with van der Waals surface area (Å²) in [5.74, 6) is 0.439. The molecular formula is C20H24ClNO2. The number of carbonyl (C=O) groups is 1. The second-order valence-corrected chi connectivity index (χ2v) is 7.39. The highest BCUT2D eigenvalue weighted by Gasteiger charge is 2.16. The van der Waals surface area contributed by atoms with Gasteiger partial charge in [0.05, 0.1) is 0 Å². The minimum absolute atomic E-state index is 0.0887. The Morgan fingerprint density at radius 2 is 1.75 bits per heavy atom. The molecular weight excluding hydrogens is 322 g/mol. The molecule has 1 amide bonds. The van der Waals surface area contributed by atoms with Crippen molar-refractivity contribution >= 4 is 23.2 Å². The van der Waals surface area contributed by atoms with Gasteiger partial charge >= 0.3 is 0 Å². The standard InChI is InChI=1S/C20H24ClNO2/c1-13-12-17(10-11-18(13)21)24-14(2)19(23)22-16-8-6-15(7-9-16)20(3,4)5/h6-12,14H,1-5H3,(H,22,23). The summed E-state index contributed by atoms with van der Waals surface area (Å²) in [6.45, 7) is 10.1. The van der Waals surface area contributed by atoms with E-state index in [0.29, 0.717) is 10.8 Å². The summed E-state index contributed by atoms with van der Waals surface area (Å²) in [7, 11) is 0. The van der Waals surface area contributed by atoms with Crippen LogP contribution in [0, 0.1) is 6.92 Å². The lowest BCUT2D eigenvalue weighted by molar-refractivity contribution is -0.122. The van der Waals surface area contributed by atoms with Gasteiger partial charge in [0.1, 0.15) is 5.75 Å². The van der Waals surface area contributed by atoms with Crippen LogP contribution >= 0.6 is 11.6 Å². The first-order valence-corrected chi connectivity index (χ1v) is 8.39. The number of carbonyl (C=O) groups excluding carboxylic acids is 1. The van der Waals surface area contributed by atoms with Crippen molar-refractivity contribution in [3.63, 3.8) is 0 Å². The number of anilines is 1. The zero-order valence-corrected chi connectivity index (χ0v) is 15.6. The van der Waals surface area contributed by atoms with E-state index >= 15 is 0 Å². The van der Waals surface area contributed by atoms with Crippen LogP contribution in [0.15, 0.2) is 42.5 Å². The van der Waals surface area contributed by atoms with Gasteiger partial charge in [-0.25, -0.2) is 0 Å². The average Bonchev–Trinajstić information content (AvgIpc) is 2.50. The molecule has 0 heterocycles. The second-order valence-electron chi connectivity index (χ2n) is 6.99. The third kappa shape index (κ3) is 4.75. The van der Waals surface area contributed by atoms with Crippen molar-refractivity contribution in [1.82, 2.24) is 0 Å². The van der Waals surface area contributed by atoms with Crippen LogP contribution in [-0.4, -0.2) is 12.0 Å². The molecule has 0 radical (unpaired) electrons.